The van der Waals surface area contributed by atoms with E-state index in [9.17, 15) is 9.59 Å². The van der Waals surface area contributed by atoms with Gasteiger partial charge in [-0.3, -0.25) is 4.79 Å². The van der Waals surface area contributed by atoms with E-state index in [2.05, 4.69) is 5.32 Å². The first-order valence-electron chi connectivity index (χ1n) is 8.29. The number of nitrogens with zero attached hydrogens (tertiary/aromatic N) is 1. The number of carbonyl (C=O) groups excluding carboxylic acids is 2. The minimum Gasteiger partial charge on any atom is -0.486 e. The molecule has 1 unspecified atom stereocenters. The second-order valence-electron chi connectivity index (χ2n) is 6.10. The third kappa shape index (κ3) is 4.24. The van der Waals surface area contributed by atoms with Crippen molar-refractivity contribution in [3.05, 3.63) is 59.7 Å². The van der Waals surface area contributed by atoms with Crippen molar-refractivity contribution in [2.24, 2.45) is 5.73 Å². The van der Waals surface area contributed by atoms with Gasteiger partial charge in [0.2, 0.25) is 0 Å². The van der Waals surface area contributed by atoms with Crippen molar-refractivity contribution in [1.29, 1.82) is 0 Å². The van der Waals surface area contributed by atoms with Crippen LogP contribution in [0.5, 0.6) is 11.5 Å². The quantitative estimate of drug-likeness (QED) is 0.855. The lowest BCUT2D eigenvalue weighted by molar-refractivity contribution is 0.0521. The molecule has 0 saturated carbocycles. The standard InChI is InChI=1S/C19H21N3O4/c1-22(11-15-12-25-16-4-2-3-5-17(16)26-15)18(23)14-8-6-13(7-9-14)10-21-19(20)24/h2-9,15H,10-12H2,1H3,(H3,20,21,24). The fourth-order valence-electron chi connectivity index (χ4n) is 2.72. The van der Waals surface area contributed by atoms with Gasteiger partial charge in [0.15, 0.2) is 17.6 Å². The highest BCUT2D eigenvalue weighted by molar-refractivity contribution is 5.94. The Morgan fingerprint density at radius 1 is 1.15 bits per heavy atom. The third-order valence-corrected chi connectivity index (χ3v) is 4.06. The molecular formula is C19H21N3O4. The zero-order valence-electron chi connectivity index (χ0n) is 14.5. The normalized spacial score (nSPS) is 15.2. The van der Waals surface area contributed by atoms with Gasteiger partial charge in [-0.05, 0) is 29.8 Å². The molecule has 1 heterocycles. The van der Waals surface area contributed by atoms with Crippen molar-refractivity contribution in [2.75, 3.05) is 20.2 Å². The van der Waals surface area contributed by atoms with E-state index in [-0.39, 0.29) is 12.0 Å². The number of rotatable bonds is 5. The summed E-state index contributed by atoms with van der Waals surface area (Å²) in [6.07, 6.45) is -0.224. The van der Waals surface area contributed by atoms with Crippen LogP contribution >= 0.6 is 0 Å². The summed E-state index contributed by atoms with van der Waals surface area (Å²) in [6.45, 7) is 1.14. The van der Waals surface area contributed by atoms with Crippen LogP contribution in [0.3, 0.4) is 0 Å². The van der Waals surface area contributed by atoms with E-state index in [1.807, 2.05) is 24.3 Å². The van der Waals surface area contributed by atoms with Gasteiger partial charge in [0.05, 0.1) is 6.54 Å². The number of hydrogen-bond acceptors (Lipinski definition) is 4. The number of nitrogens with one attached hydrogen (secondary N) is 1. The molecule has 0 spiro atoms. The lowest BCUT2D eigenvalue weighted by Crippen LogP contribution is -2.41. The Morgan fingerprint density at radius 3 is 2.54 bits per heavy atom. The predicted octanol–water partition coefficient (Wildman–Crippen LogP) is 1.77. The van der Waals surface area contributed by atoms with Gasteiger partial charge in [-0.2, -0.15) is 0 Å². The first kappa shape index (κ1) is 17.6. The first-order valence-corrected chi connectivity index (χ1v) is 8.29. The number of amides is 3. The third-order valence-electron chi connectivity index (χ3n) is 4.06. The number of likely N-dealkylation sites (N-methyl/N-ethyl adjacent to an activating group) is 1. The number of nitrogens with two attached hydrogens (primary N) is 1. The molecule has 0 bridgehead atoms. The zero-order chi connectivity index (χ0) is 18.5. The van der Waals surface area contributed by atoms with Crippen LogP contribution in [-0.4, -0.2) is 43.1 Å². The van der Waals surface area contributed by atoms with Crippen LogP contribution in [0.4, 0.5) is 4.79 Å². The molecule has 0 fully saturated rings. The monoisotopic (exact) mass is 355 g/mol. The highest BCUT2D eigenvalue weighted by Crippen LogP contribution is 2.31. The molecule has 1 aliphatic rings. The summed E-state index contributed by atoms with van der Waals surface area (Å²) in [5.41, 5.74) is 6.47. The summed E-state index contributed by atoms with van der Waals surface area (Å²) in [6, 6.07) is 13.9. The number of primary amides is 1. The lowest BCUT2D eigenvalue weighted by Gasteiger charge is -2.29. The second kappa shape index (κ2) is 7.77. The number of para-hydroxylation sites is 2. The van der Waals surface area contributed by atoms with Crippen LogP contribution in [0.1, 0.15) is 15.9 Å². The van der Waals surface area contributed by atoms with Crippen molar-refractivity contribution in [1.82, 2.24) is 10.2 Å². The van der Waals surface area contributed by atoms with E-state index in [1.165, 1.54) is 0 Å². The Balaban J connectivity index is 1.57. The molecule has 136 valence electrons. The van der Waals surface area contributed by atoms with Gasteiger partial charge in [-0.1, -0.05) is 24.3 Å². The number of ether oxygens (including phenoxy) is 2. The summed E-state index contributed by atoms with van der Waals surface area (Å²) < 4.78 is 11.6. The molecule has 0 radical (unpaired) electrons. The molecule has 1 atom stereocenters. The van der Waals surface area contributed by atoms with Gasteiger partial charge in [0, 0.05) is 19.2 Å². The maximum Gasteiger partial charge on any atom is 0.312 e. The van der Waals surface area contributed by atoms with E-state index in [4.69, 9.17) is 15.2 Å². The van der Waals surface area contributed by atoms with Crippen molar-refractivity contribution >= 4 is 11.9 Å². The summed E-state index contributed by atoms with van der Waals surface area (Å²) >= 11 is 0. The highest BCUT2D eigenvalue weighted by Gasteiger charge is 2.24. The summed E-state index contributed by atoms with van der Waals surface area (Å²) in [4.78, 5) is 24.9. The topological polar surface area (TPSA) is 93.9 Å². The average molecular weight is 355 g/mol. The number of fused-ring (bicyclic) bond motifs is 1. The largest absolute Gasteiger partial charge is 0.486 e. The molecule has 1 aliphatic heterocycles. The molecule has 26 heavy (non-hydrogen) atoms. The van der Waals surface area contributed by atoms with E-state index in [1.54, 1.807) is 36.2 Å². The molecule has 2 aromatic rings. The van der Waals surface area contributed by atoms with E-state index in [0.29, 0.717) is 31.0 Å². The van der Waals surface area contributed by atoms with Gasteiger partial charge in [0.25, 0.3) is 5.91 Å². The van der Waals surface area contributed by atoms with Gasteiger partial charge < -0.3 is 25.4 Å². The number of urea groups is 1. The van der Waals surface area contributed by atoms with Gasteiger partial charge in [-0.25, -0.2) is 4.79 Å². The lowest BCUT2D eigenvalue weighted by atomic mass is 10.1. The van der Waals surface area contributed by atoms with Crippen LogP contribution in [-0.2, 0) is 6.54 Å². The van der Waals surface area contributed by atoms with Crippen LogP contribution in [0.25, 0.3) is 0 Å². The van der Waals surface area contributed by atoms with Crippen molar-refractivity contribution in [3.63, 3.8) is 0 Å². The van der Waals surface area contributed by atoms with Gasteiger partial charge in [-0.15, -0.1) is 0 Å². The summed E-state index contributed by atoms with van der Waals surface area (Å²) in [5, 5.41) is 2.51. The molecule has 0 saturated heterocycles. The SMILES string of the molecule is CN(CC1COc2ccccc2O1)C(=O)c1ccc(CNC(N)=O)cc1. The fourth-order valence-corrected chi connectivity index (χ4v) is 2.72. The average Bonchev–Trinajstić information content (AvgIpc) is 2.66. The van der Waals surface area contributed by atoms with Crippen LogP contribution < -0.4 is 20.5 Å². The smallest absolute Gasteiger partial charge is 0.312 e. The van der Waals surface area contributed by atoms with Crippen molar-refractivity contribution in [2.45, 2.75) is 12.6 Å². The molecule has 0 aromatic heterocycles. The molecule has 0 aliphatic carbocycles. The molecule has 3 amide bonds. The van der Waals surface area contributed by atoms with Crippen LogP contribution in [0.15, 0.2) is 48.5 Å². The first-order chi connectivity index (χ1) is 12.5. The molecule has 2 aromatic carbocycles. The fraction of sp³-hybridized carbons (Fsp3) is 0.263. The summed E-state index contributed by atoms with van der Waals surface area (Å²) in [5.74, 6) is 1.30. The molecule has 3 N–H and O–H groups in total. The van der Waals surface area contributed by atoms with Crippen molar-refractivity contribution < 1.29 is 19.1 Å². The maximum absolute atomic E-state index is 12.6. The Hall–Kier alpha value is -3.22. The number of benzene rings is 2. The Labute approximate surface area is 151 Å². The molecule has 7 nitrogen and oxygen atoms in total. The van der Waals surface area contributed by atoms with Gasteiger partial charge >= 0.3 is 6.03 Å². The predicted molar refractivity (Wildman–Crippen MR) is 96.2 cm³/mol. The minimum absolute atomic E-state index is 0.109. The van der Waals surface area contributed by atoms with Gasteiger partial charge in [0.1, 0.15) is 6.61 Å². The molecule has 7 heteroatoms. The minimum atomic E-state index is -0.582. The van der Waals surface area contributed by atoms with Crippen LogP contribution in [0.2, 0.25) is 0 Å². The Bertz CT molecular complexity index is 792. The maximum atomic E-state index is 12.6. The Morgan fingerprint density at radius 2 is 1.85 bits per heavy atom. The van der Waals surface area contributed by atoms with E-state index in [0.717, 1.165) is 11.3 Å². The highest BCUT2D eigenvalue weighted by atomic mass is 16.6. The van der Waals surface area contributed by atoms with Crippen molar-refractivity contribution in [3.8, 4) is 11.5 Å². The Kier molecular flexibility index (Phi) is 5.26. The summed E-state index contributed by atoms with van der Waals surface area (Å²) in [7, 11) is 1.73. The molecule has 3 rings (SSSR count). The zero-order valence-corrected chi connectivity index (χ0v) is 14.5. The van der Waals surface area contributed by atoms with E-state index >= 15 is 0 Å². The second-order valence-corrected chi connectivity index (χ2v) is 6.10. The van der Waals surface area contributed by atoms with Crippen LogP contribution in [0, 0.1) is 0 Å². The number of hydrogen-bond donors (Lipinski definition) is 2. The van der Waals surface area contributed by atoms with E-state index < -0.39 is 6.03 Å². The molecular weight excluding hydrogens is 334 g/mol. The number of carbonyl (C=O) groups is 2.